The summed E-state index contributed by atoms with van der Waals surface area (Å²) in [5, 5.41) is 2.18. The molecule has 0 bridgehead atoms. The molecule has 0 aliphatic heterocycles. The number of thiazole rings is 2. The number of hydrogen-bond acceptors (Lipinski definition) is 15. The van der Waals surface area contributed by atoms with Gasteiger partial charge < -0.3 is 26.6 Å². The number of benzene rings is 2. The average molecular weight is 753 g/mol. The van der Waals surface area contributed by atoms with Crippen LogP contribution in [0.3, 0.4) is 0 Å². The maximum atomic E-state index is 5.77. The van der Waals surface area contributed by atoms with E-state index in [4.69, 9.17) is 36.5 Å². The minimum absolute atomic E-state index is 0.151. The summed E-state index contributed by atoms with van der Waals surface area (Å²) in [5.41, 5.74) is 2.05. The lowest BCUT2D eigenvalue weighted by atomic mass is 10.2. The topological polar surface area (TPSA) is 81.2 Å². The van der Waals surface area contributed by atoms with Gasteiger partial charge in [-0.05, 0) is 53.7 Å². The second-order valence-corrected chi connectivity index (χ2v) is 25.2. The molecule has 0 aliphatic rings. The summed E-state index contributed by atoms with van der Waals surface area (Å²) in [6.07, 6.45) is 0. The molecule has 0 amide bonds. The quantitative estimate of drug-likeness (QED) is 0.0491. The van der Waals surface area contributed by atoms with Crippen LogP contribution in [0.4, 0.5) is 0 Å². The van der Waals surface area contributed by atoms with Gasteiger partial charge in [0.2, 0.25) is 0 Å². The summed E-state index contributed by atoms with van der Waals surface area (Å²) < 4.78 is 37.0. The molecule has 4 aromatic rings. The van der Waals surface area contributed by atoms with E-state index in [0.717, 1.165) is 32.6 Å². The molecule has 17 heteroatoms. The maximum absolute atomic E-state index is 5.77. The predicted octanol–water partition coefficient (Wildman–Crippen LogP) is 8.86. The fourth-order valence-corrected chi connectivity index (χ4v) is 20.6. The Hall–Kier alpha value is 0.164. The third-order valence-electron chi connectivity index (χ3n) is 6.87. The summed E-state index contributed by atoms with van der Waals surface area (Å²) >= 11 is 3.47. The van der Waals surface area contributed by atoms with E-state index in [1.54, 1.807) is 94.8 Å². The van der Waals surface area contributed by atoms with Gasteiger partial charge in [0.05, 0.1) is 30.4 Å². The molecule has 2 heterocycles. The molecule has 0 saturated carbocycles. The molecule has 0 aliphatic carbocycles. The van der Waals surface area contributed by atoms with Crippen LogP contribution in [0.1, 0.15) is 21.9 Å². The zero-order valence-corrected chi connectivity index (χ0v) is 32.5. The Labute approximate surface area is 282 Å². The third-order valence-corrected chi connectivity index (χ3v) is 23.8. The highest BCUT2D eigenvalue weighted by atomic mass is 33.8. The lowest BCUT2D eigenvalue weighted by Gasteiger charge is -2.27. The van der Waals surface area contributed by atoms with Gasteiger partial charge in [-0.25, -0.2) is 9.97 Å². The van der Waals surface area contributed by atoms with E-state index >= 15 is 0 Å². The summed E-state index contributed by atoms with van der Waals surface area (Å²) in [6, 6.07) is 17.9. The van der Waals surface area contributed by atoms with Gasteiger partial charge >= 0.3 is 17.6 Å². The number of nitrogens with zero attached hydrogens (tertiary/aromatic N) is 2. The molecule has 8 nitrogen and oxygen atoms in total. The molecule has 0 radical (unpaired) electrons. The Morgan fingerprint density at radius 2 is 0.953 bits per heavy atom. The van der Waals surface area contributed by atoms with Crippen LogP contribution < -0.4 is 0 Å². The molecule has 0 saturated heterocycles. The first kappa shape index (κ1) is 36.0. The molecule has 0 fully saturated rings. The second kappa shape index (κ2) is 17.9. The van der Waals surface area contributed by atoms with Gasteiger partial charge in [0.25, 0.3) is 0 Å². The van der Waals surface area contributed by atoms with Crippen LogP contribution in [0.25, 0.3) is 20.4 Å². The van der Waals surface area contributed by atoms with E-state index < -0.39 is 17.6 Å². The van der Waals surface area contributed by atoms with Crippen molar-refractivity contribution in [3.63, 3.8) is 0 Å². The van der Waals surface area contributed by atoms with Crippen LogP contribution in [0.15, 0.2) is 48.5 Å². The van der Waals surface area contributed by atoms with Crippen molar-refractivity contribution in [2.45, 2.75) is 23.9 Å². The van der Waals surface area contributed by atoms with Crippen molar-refractivity contribution in [2.24, 2.45) is 0 Å². The minimum atomic E-state index is -2.78. The third kappa shape index (κ3) is 9.60. The molecular weight excluding hydrogens is 717 g/mol. The minimum Gasteiger partial charge on any atom is -0.377 e. The van der Waals surface area contributed by atoms with Crippen molar-refractivity contribution < 1.29 is 26.6 Å². The number of rotatable bonds is 20. The maximum Gasteiger partial charge on any atom is 0.500 e. The SMILES string of the molecule is CO[Si](CC(CSSSSSCC(C[Si](OC)(OC)OC)c1nc2ccccc2s1)c1nc2ccccc2s1)(OC)OC. The number of hydrogen-bond donors (Lipinski definition) is 0. The normalized spacial score (nSPS) is 14.1. The van der Waals surface area contributed by atoms with E-state index in [0.29, 0.717) is 12.1 Å². The summed E-state index contributed by atoms with van der Waals surface area (Å²) in [6.45, 7) is 0. The van der Waals surface area contributed by atoms with Crippen molar-refractivity contribution in [1.82, 2.24) is 9.97 Å². The van der Waals surface area contributed by atoms with Gasteiger partial charge in [0.15, 0.2) is 0 Å². The summed E-state index contributed by atoms with van der Waals surface area (Å²) in [4.78, 5) is 9.89. The first-order valence-corrected chi connectivity index (χ1v) is 25.2. The molecule has 0 N–H and O–H groups in total. The van der Waals surface area contributed by atoms with Crippen molar-refractivity contribution >= 4 is 112 Å². The van der Waals surface area contributed by atoms with Crippen LogP contribution in [0, 0.1) is 0 Å². The molecule has 2 unspecified atom stereocenters. The fourth-order valence-electron chi connectivity index (χ4n) is 4.44. The van der Waals surface area contributed by atoms with Crippen molar-refractivity contribution in [1.29, 1.82) is 0 Å². The molecule has 2 atom stereocenters. The first-order chi connectivity index (χ1) is 20.9. The zero-order chi connectivity index (χ0) is 30.7. The summed E-state index contributed by atoms with van der Waals surface area (Å²) in [5.74, 6) is 2.04. The smallest absolute Gasteiger partial charge is 0.377 e. The van der Waals surface area contributed by atoms with Gasteiger partial charge in [-0.3, -0.25) is 0 Å². The molecule has 4 rings (SSSR count). The second-order valence-electron chi connectivity index (χ2n) is 9.21. The highest BCUT2D eigenvalue weighted by Crippen LogP contribution is 2.51. The number of fused-ring (bicyclic) bond motifs is 2. The van der Waals surface area contributed by atoms with E-state index in [-0.39, 0.29) is 11.8 Å². The van der Waals surface area contributed by atoms with Crippen LogP contribution in [0.5, 0.6) is 0 Å². The van der Waals surface area contributed by atoms with Crippen LogP contribution >= 0.6 is 73.7 Å². The Morgan fingerprint density at radius 3 is 1.30 bits per heavy atom. The predicted molar refractivity (Wildman–Crippen MR) is 196 cm³/mol. The van der Waals surface area contributed by atoms with Gasteiger partial charge in [-0.1, -0.05) is 45.9 Å². The standard InChI is InChI=1S/C26H36N2O6S7Si2/c1-29-42(30-2,31-3)17-19(25-27-21-11-7-9-13-23(21)37-25)15-35-39-41-40-36-16-20(18-43(32-4,33-5)34-6)26-28-22-12-8-10-14-24(22)38-26/h7-14,19-20H,15-18H2,1-6H3. The van der Waals surface area contributed by atoms with Gasteiger partial charge in [0.1, 0.15) is 0 Å². The lowest BCUT2D eigenvalue weighted by molar-refractivity contribution is 0.121. The molecule has 236 valence electrons. The van der Waals surface area contributed by atoms with Crippen LogP contribution in [-0.2, 0) is 26.6 Å². The molecule has 43 heavy (non-hydrogen) atoms. The van der Waals surface area contributed by atoms with Crippen molar-refractivity contribution in [3.8, 4) is 0 Å². The Balaban J connectivity index is 1.34. The molecule has 2 aromatic carbocycles. The van der Waals surface area contributed by atoms with Crippen LogP contribution in [0.2, 0.25) is 12.1 Å². The Morgan fingerprint density at radius 1 is 0.581 bits per heavy atom. The van der Waals surface area contributed by atoms with E-state index in [2.05, 4.69) is 36.4 Å². The van der Waals surface area contributed by atoms with Gasteiger partial charge in [-0.2, -0.15) is 0 Å². The van der Waals surface area contributed by atoms with E-state index in [9.17, 15) is 0 Å². The fraction of sp³-hybridized carbons (Fsp3) is 0.462. The summed E-state index contributed by atoms with van der Waals surface area (Å²) in [7, 11) is 13.4. The largest absolute Gasteiger partial charge is 0.500 e. The Kier molecular flexibility index (Phi) is 15.0. The van der Waals surface area contributed by atoms with E-state index in [1.807, 2.05) is 33.7 Å². The van der Waals surface area contributed by atoms with Gasteiger partial charge in [0, 0.05) is 78.1 Å². The van der Waals surface area contributed by atoms with E-state index in [1.165, 1.54) is 9.40 Å². The van der Waals surface area contributed by atoms with Crippen molar-refractivity contribution in [3.05, 3.63) is 58.5 Å². The highest BCUT2D eigenvalue weighted by molar-refractivity contribution is 9.35. The van der Waals surface area contributed by atoms with Gasteiger partial charge in [-0.15, -0.1) is 22.7 Å². The lowest BCUT2D eigenvalue weighted by Crippen LogP contribution is -2.44. The molecular formula is C26H36N2O6S7Si2. The van der Waals surface area contributed by atoms with Crippen LogP contribution in [-0.4, -0.2) is 81.7 Å². The average Bonchev–Trinajstić information content (AvgIpc) is 3.69. The molecule has 0 spiro atoms. The number of para-hydroxylation sites is 2. The Bertz CT molecular complexity index is 1220. The monoisotopic (exact) mass is 752 g/mol. The highest BCUT2D eigenvalue weighted by Gasteiger charge is 2.43. The molecule has 2 aromatic heterocycles. The zero-order valence-electron chi connectivity index (χ0n) is 24.8. The van der Waals surface area contributed by atoms with Crippen molar-refractivity contribution in [2.75, 3.05) is 54.2 Å². The number of aromatic nitrogens is 2. The first-order valence-electron chi connectivity index (χ1n) is 13.2.